The summed E-state index contributed by atoms with van der Waals surface area (Å²) in [4.78, 5) is 11.1. The summed E-state index contributed by atoms with van der Waals surface area (Å²) in [5.74, 6) is 0.940. The van der Waals surface area contributed by atoms with Crippen molar-refractivity contribution in [3.63, 3.8) is 0 Å². The maximum atomic E-state index is 13.0. The smallest absolute Gasteiger partial charge is 0.137 e. The summed E-state index contributed by atoms with van der Waals surface area (Å²) in [7, 11) is 0. The summed E-state index contributed by atoms with van der Waals surface area (Å²) < 4.78 is 13.0. The average molecular weight is 314 g/mol. The summed E-state index contributed by atoms with van der Waals surface area (Å²) in [5, 5.41) is 4.71. The van der Waals surface area contributed by atoms with Gasteiger partial charge in [0.2, 0.25) is 0 Å². The molecule has 122 valence electrons. The van der Waals surface area contributed by atoms with E-state index in [1.54, 1.807) is 6.33 Å². The van der Waals surface area contributed by atoms with Crippen LogP contribution in [0.1, 0.15) is 31.2 Å². The van der Waals surface area contributed by atoms with Gasteiger partial charge in [0.25, 0.3) is 0 Å². The van der Waals surface area contributed by atoms with Crippen LogP contribution in [0, 0.1) is 6.92 Å². The minimum Gasteiger partial charge on any atom is -0.367 e. The molecule has 0 radical (unpaired) electrons. The summed E-state index contributed by atoms with van der Waals surface area (Å²) in [6.07, 6.45) is 5.57. The summed E-state index contributed by atoms with van der Waals surface area (Å²) in [5.41, 5.74) is 2.20. The minimum atomic E-state index is -0.596. The molecule has 1 aliphatic heterocycles. The lowest BCUT2D eigenvalue weighted by Crippen LogP contribution is -2.54. The summed E-state index contributed by atoms with van der Waals surface area (Å²) in [6, 6.07) is 7.29. The SMILES string of the molecule is Cc1ccc2ncnc(NC3CCC(N4CC(F)C4)CC3)c2c1. The predicted octanol–water partition coefficient (Wildman–Crippen LogP) is 3.32. The molecule has 0 amide bonds. The molecule has 2 aromatic rings. The van der Waals surface area contributed by atoms with Gasteiger partial charge >= 0.3 is 0 Å². The van der Waals surface area contributed by atoms with Crippen LogP contribution in [-0.2, 0) is 0 Å². The summed E-state index contributed by atoms with van der Waals surface area (Å²) >= 11 is 0. The third-order valence-electron chi connectivity index (χ3n) is 5.21. The van der Waals surface area contributed by atoms with Crippen molar-refractivity contribution < 1.29 is 4.39 Å². The van der Waals surface area contributed by atoms with Crippen LogP contribution in [-0.4, -0.2) is 46.2 Å². The zero-order valence-corrected chi connectivity index (χ0v) is 13.5. The van der Waals surface area contributed by atoms with Gasteiger partial charge in [-0.05, 0) is 44.7 Å². The van der Waals surface area contributed by atoms with Crippen molar-refractivity contribution in [2.75, 3.05) is 18.4 Å². The number of fused-ring (bicyclic) bond motifs is 1. The molecule has 1 saturated carbocycles. The van der Waals surface area contributed by atoms with Crippen LogP contribution < -0.4 is 5.32 Å². The van der Waals surface area contributed by atoms with Gasteiger partial charge in [0.15, 0.2) is 0 Å². The molecule has 0 atom stereocenters. The van der Waals surface area contributed by atoms with Gasteiger partial charge in [-0.3, -0.25) is 4.90 Å². The number of benzene rings is 1. The van der Waals surface area contributed by atoms with Crippen molar-refractivity contribution in [1.82, 2.24) is 14.9 Å². The number of nitrogens with one attached hydrogen (secondary N) is 1. The Morgan fingerprint density at radius 2 is 1.91 bits per heavy atom. The van der Waals surface area contributed by atoms with Crippen molar-refractivity contribution >= 4 is 16.7 Å². The van der Waals surface area contributed by atoms with Crippen LogP contribution in [0.3, 0.4) is 0 Å². The molecule has 1 aromatic heterocycles. The highest BCUT2D eigenvalue weighted by Gasteiger charge is 2.34. The highest BCUT2D eigenvalue weighted by molar-refractivity contribution is 5.89. The molecular formula is C18H23FN4. The van der Waals surface area contributed by atoms with Crippen molar-refractivity contribution in [2.45, 2.75) is 50.9 Å². The molecule has 2 fully saturated rings. The van der Waals surface area contributed by atoms with Crippen molar-refractivity contribution in [2.24, 2.45) is 0 Å². The molecule has 4 nitrogen and oxygen atoms in total. The monoisotopic (exact) mass is 314 g/mol. The van der Waals surface area contributed by atoms with Crippen LogP contribution in [0.4, 0.5) is 10.2 Å². The lowest BCUT2D eigenvalue weighted by molar-refractivity contribution is 0.0130. The molecule has 4 rings (SSSR count). The average Bonchev–Trinajstić information content (AvgIpc) is 2.53. The molecular weight excluding hydrogens is 291 g/mol. The highest BCUT2D eigenvalue weighted by atomic mass is 19.1. The van der Waals surface area contributed by atoms with E-state index < -0.39 is 6.17 Å². The standard InChI is InChI=1S/C18H23FN4/c1-12-2-7-17-16(8-12)18(21-11-20-17)22-14-3-5-15(6-4-14)23-9-13(19)10-23/h2,7-8,11,13-15H,3-6,9-10H2,1H3,(H,20,21,22). The van der Waals surface area contributed by atoms with Gasteiger partial charge in [-0.2, -0.15) is 0 Å². The zero-order valence-electron chi connectivity index (χ0n) is 13.5. The Balaban J connectivity index is 1.42. The maximum Gasteiger partial charge on any atom is 0.137 e. The van der Waals surface area contributed by atoms with Crippen molar-refractivity contribution in [1.29, 1.82) is 0 Å². The molecule has 2 heterocycles. The predicted molar refractivity (Wildman–Crippen MR) is 90.4 cm³/mol. The Labute approximate surface area is 136 Å². The normalized spacial score (nSPS) is 26.2. The number of anilines is 1. The Morgan fingerprint density at radius 1 is 1.13 bits per heavy atom. The Hall–Kier alpha value is -1.75. The molecule has 1 N–H and O–H groups in total. The molecule has 0 spiro atoms. The maximum absolute atomic E-state index is 13.0. The molecule has 5 heteroatoms. The summed E-state index contributed by atoms with van der Waals surface area (Å²) in [6.45, 7) is 3.36. The first-order chi connectivity index (χ1) is 11.2. The topological polar surface area (TPSA) is 41.1 Å². The number of halogens is 1. The molecule has 0 bridgehead atoms. The van der Waals surface area contributed by atoms with E-state index in [1.165, 1.54) is 5.56 Å². The van der Waals surface area contributed by atoms with E-state index in [9.17, 15) is 4.39 Å². The van der Waals surface area contributed by atoms with E-state index in [4.69, 9.17) is 0 Å². The van der Waals surface area contributed by atoms with Gasteiger partial charge in [-0.15, -0.1) is 0 Å². The quantitative estimate of drug-likeness (QED) is 0.943. The molecule has 1 aliphatic carbocycles. The van der Waals surface area contributed by atoms with Gasteiger partial charge < -0.3 is 5.32 Å². The zero-order chi connectivity index (χ0) is 15.8. The van der Waals surface area contributed by atoms with Gasteiger partial charge in [0.05, 0.1) is 5.52 Å². The van der Waals surface area contributed by atoms with Crippen LogP contribution in [0.15, 0.2) is 24.5 Å². The first-order valence-electron chi connectivity index (χ1n) is 8.55. The second kappa shape index (κ2) is 6.04. The number of aryl methyl sites for hydroxylation is 1. The fourth-order valence-electron chi connectivity index (χ4n) is 3.82. The Morgan fingerprint density at radius 3 is 2.65 bits per heavy atom. The number of alkyl halides is 1. The van der Waals surface area contributed by atoms with Crippen LogP contribution >= 0.6 is 0 Å². The van der Waals surface area contributed by atoms with Gasteiger partial charge in [0.1, 0.15) is 18.3 Å². The molecule has 0 unspecified atom stereocenters. The third-order valence-corrected chi connectivity index (χ3v) is 5.21. The van der Waals surface area contributed by atoms with Crippen LogP contribution in [0.2, 0.25) is 0 Å². The minimum absolute atomic E-state index is 0.451. The van der Waals surface area contributed by atoms with E-state index >= 15 is 0 Å². The molecule has 1 saturated heterocycles. The Bertz CT molecular complexity index is 690. The van der Waals surface area contributed by atoms with E-state index in [1.807, 2.05) is 6.07 Å². The van der Waals surface area contributed by atoms with Gasteiger partial charge in [0, 0.05) is 30.6 Å². The number of rotatable bonds is 3. The lowest BCUT2D eigenvalue weighted by atomic mass is 9.88. The number of hydrogen-bond donors (Lipinski definition) is 1. The number of nitrogens with zero attached hydrogens (tertiary/aromatic N) is 3. The molecule has 1 aromatic carbocycles. The fraction of sp³-hybridized carbons (Fsp3) is 0.556. The largest absolute Gasteiger partial charge is 0.367 e. The van der Waals surface area contributed by atoms with E-state index in [0.717, 1.165) is 42.4 Å². The van der Waals surface area contributed by atoms with E-state index in [0.29, 0.717) is 25.2 Å². The second-order valence-corrected chi connectivity index (χ2v) is 6.94. The number of aromatic nitrogens is 2. The van der Waals surface area contributed by atoms with Crippen LogP contribution in [0.25, 0.3) is 10.9 Å². The molecule has 23 heavy (non-hydrogen) atoms. The first kappa shape index (κ1) is 14.8. The third kappa shape index (κ3) is 3.02. The van der Waals surface area contributed by atoms with Gasteiger partial charge in [-0.25, -0.2) is 14.4 Å². The van der Waals surface area contributed by atoms with E-state index in [2.05, 4.69) is 39.2 Å². The van der Waals surface area contributed by atoms with E-state index in [-0.39, 0.29) is 0 Å². The first-order valence-corrected chi connectivity index (χ1v) is 8.55. The number of likely N-dealkylation sites (tertiary alicyclic amines) is 1. The second-order valence-electron chi connectivity index (χ2n) is 6.94. The lowest BCUT2D eigenvalue weighted by Gasteiger charge is -2.43. The van der Waals surface area contributed by atoms with Crippen molar-refractivity contribution in [3.05, 3.63) is 30.1 Å². The van der Waals surface area contributed by atoms with Gasteiger partial charge in [-0.1, -0.05) is 11.6 Å². The fourth-order valence-corrected chi connectivity index (χ4v) is 3.82. The Kier molecular flexibility index (Phi) is 3.89. The highest BCUT2D eigenvalue weighted by Crippen LogP contribution is 2.30. The van der Waals surface area contributed by atoms with Crippen molar-refractivity contribution in [3.8, 4) is 0 Å². The number of hydrogen-bond acceptors (Lipinski definition) is 4. The molecule has 2 aliphatic rings. The van der Waals surface area contributed by atoms with Crippen LogP contribution in [0.5, 0.6) is 0 Å².